The van der Waals surface area contributed by atoms with Crippen molar-refractivity contribution in [2.24, 2.45) is 5.92 Å². The molecule has 2 aliphatic heterocycles. The summed E-state index contributed by atoms with van der Waals surface area (Å²) in [6.07, 6.45) is 3.68. The molecule has 0 N–H and O–H groups in total. The molecule has 8 nitrogen and oxygen atoms in total. The number of carbonyl (C=O) groups is 3. The molecule has 0 unspecified atom stereocenters. The zero-order chi connectivity index (χ0) is 29.3. The van der Waals surface area contributed by atoms with E-state index in [0.29, 0.717) is 48.6 Å². The second-order valence-electron chi connectivity index (χ2n) is 11.3. The van der Waals surface area contributed by atoms with Crippen LogP contribution in [0.2, 0.25) is 0 Å². The first-order chi connectivity index (χ1) is 20.4. The van der Waals surface area contributed by atoms with Crippen molar-refractivity contribution in [1.29, 1.82) is 0 Å². The Morgan fingerprint density at radius 3 is 2.12 bits per heavy atom. The molecule has 1 aliphatic carbocycles. The maximum absolute atomic E-state index is 13.1. The van der Waals surface area contributed by atoms with E-state index in [1.807, 2.05) is 30.3 Å². The van der Waals surface area contributed by atoms with Crippen LogP contribution in [0.15, 0.2) is 66.7 Å². The molecule has 0 aromatic heterocycles. The molecule has 1 spiro atoms. The lowest BCUT2D eigenvalue weighted by Crippen LogP contribution is -2.55. The van der Waals surface area contributed by atoms with Gasteiger partial charge in [0.1, 0.15) is 6.61 Å². The van der Waals surface area contributed by atoms with E-state index in [0.717, 1.165) is 31.4 Å². The molecule has 1 fully saturated rings. The summed E-state index contributed by atoms with van der Waals surface area (Å²) in [5.41, 5.74) is 3.92. The van der Waals surface area contributed by atoms with Gasteiger partial charge < -0.3 is 14.2 Å². The summed E-state index contributed by atoms with van der Waals surface area (Å²) in [5, 5.41) is 0. The summed E-state index contributed by atoms with van der Waals surface area (Å²) in [6, 6.07) is 20.9. The lowest BCUT2D eigenvalue weighted by Gasteiger charge is -2.52. The van der Waals surface area contributed by atoms with E-state index < -0.39 is 0 Å². The van der Waals surface area contributed by atoms with Gasteiger partial charge in [0.15, 0.2) is 11.5 Å². The third-order valence-corrected chi connectivity index (χ3v) is 9.21. The molecule has 0 atom stereocenters. The van der Waals surface area contributed by atoms with Gasteiger partial charge >= 0.3 is 5.97 Å². The lowest BCUT2D eigenvalue weighted by molar-refractivity contribution is -0.152. The van der Waals surface area contributed by atoms with Gasteiger partial charge in [-0.25, -0.2) is 0 Å². The quantitative estimate of drug-likeness (QED) is 0.280. The zero-order valence-corrected chi connectivity index (χ0v) is 24.1. The molecule has 0 saturated heterocycles. The van der Waals surface area contributed by atoms with Crippen molar-refractivity contribution in [1.82, 2.24) is 9.80 Å². The smallest absolute Gasteiger partial charge is 0.309 e. The van der Waals surface area contributed by atoms with Gasteiger partial charge in [0.05, 0.1) is 31.3 Å². The van der Waals surface area contributed by atoms with Crippen LogP contribution >= 0.6 is 0 Å². The van der Waals surface area contributed by atoms with E-state index in [2.05, 4.69) is 17.0 Å². The number of hydrogen-bond acceptors (Lipinski definition) is 7. The van der Waals surface area contributed by atoms with Crippen LogP contribution < -0.4 is 9.47 Å². The minimum Gasteiger partial charge on any atom is -0.493 e. The Balaban J connectivity index is 1.23. The van der Waals surface area contributed by atoms with E-state index in [-0.39, 0.29) is 35.8 Å². The highest BCUT2D eigenvalue weighted by Gasteiger charge is 2.47. The first-order valence-corrected chi connectivity index (χ1v) is 14.6. The number of amides is 2. The van der Waals surface area contributed by atoms with Crippen molar-refractivity contribution < 1.29 is 28.6 Å². The van der Waals surface area contributed by atoms with Crippen LogP contribution in [0, 0.1) is 5.92 Å². The molecule has 2 amide bonds. The zero-order valence-electron chi connectivity index (χ0n) is 24.1. The summed E-state index contributed by atoms with van der Waals surface area (Å²) in [5.74, 6) is 0.556. The Kier molecular flexibility index (Phi) is 7.73. The van der Waals surface area contributed by atoms with Gasteiger partial charge in [0.25, 0.3) is 11.8 Å². The average molecular weight is 569 g/mol. The van der Waals surface area contributed by atoms with Crippen molar-refractivity contribution in [2.45, 2.75) is 44.2 Å². The van der Waals surface area contributed by atoms with Crippen LogP contribution in [-0.2, 0) is 28.1 Å². The molecule has 3 aromatic rings. The highest BCUT2D eigenvalue weighted by atomic mass is 16.5. The molecule has 6 rings (SSSR count). The fourth-order valence-corrected chi connectivity index (χ4v) is 6.95. The van der Waals surface area contributed by atoms with Crippen LogP contribution in [0.25, 0.3) is 0 Å². The third-order valence-electron chi connectivity index (χ3n) is 9.21. The number of carbonyl (C=O) groups excluding carboxylic acids is 3. The van der Waals surface area contributed by atoms with Gasteiger partial charge in [-0.05, 0) is 73.1 Å². The minimum atomic E-state index is -0.359. The number of methoxy groups -OCH3 is 2. The molecule has 1 saturated carbocycles. The van der Waals surface area contributed by atoms with Crippen LogP contribution in [0.5, 0.6) is 11.5 Å². The van der Waals surface area contributed by atoms with Crippen molar-refractivity contribution in [3.05, 3.63) is 94.5 Å². The summed E-state index contributed by atoms with van der Waals surface area (Å²) < 4.78 is 17.0. The largest absolute Gasteiger partial charge is 0.493 e. The van der Waals surface area contributed by atoms with Crippen molar-refractivity contribution in [3.63, 3.8) is 0 Å². The van der Waals surface area contributed by atoms with E-state index >= 15 is 0 Å². The molecule has 8 heteroatoms. The number of benzene rings is 3. The van der Waals surface area contributed by atoms with E-state index in [4.69, 9.17) is 14.2 Å². The molecule has 3 aliphatic rings. The van der Waals surface area contributed by atoms with Crippen LogP contribution in [0.4, 0.5) is 0 Å². The second-order valence-corrected chi connectivity index (χ2v) is 11.3. The highest BCUT2D eigenvalue weighted by molar-refractivity contribution is 6.21. The highest BCUT2D eigenvalue weighted by Crippen LogP contribution is 2.50. The first-order valence-electron chi connectivity index (χ1n) is 14.6. The van der Waals surface area contributed by atoms with Gasteiger partial charge in [0, 0.05) is 25.2 Å². The number of fused-ring (bicyclic) bond motifs is 3. The normalized spacial score (nSPS) is 21.7. The summed E-state index contributed by atoms with van der Waals surface area (Å²) in [6.45, 7) is 1.89. The van der Waals surface area contributed by atoms with E-state index in [9.17, 15) is 14.4 Å². The van der Waals surface area contributed by atoms with Crippen LogP contribution in [-0.4, -0.2) is 61.4 Å². The maximum atomic E-state index is 13.1. The van der Waals surface area contributed by atoms with Crippen molar-refractivity contribution in [3.8, 4) is 11.5 Å². The van der Waals surface area contributed by atoms with E-state index in [1.165, 1.54) is 16.0 Å². The van der Waals surface area contributed by atoms with Gasteiger partial charge in [-0.15, -0.1) is 0 Å². The van der Waals surface area contributed by atoms with Gasteiger partial charge in [-0.1, -0.05) is 42.5 Å². The monoisotopic (exact) mass is 568 g/mol. The fourth-order valence-electron chi connectivity index (χ4n) is 6.95. The molecular weight excluding hydrogens is 532 g/mol. The predicted molar refractivity (Wildman–Crippen MR) is 157 cm³/mol. The molecule has 42 heavy (non-hydrogen) atoms. The van der Waals surface area contributed by atoms with Gasteiger partial charge in [-0.2, -0.15) is 0 Å². The predicted octanol–water partition coefficient (Wildman–Crippen LogP) is 4.99. The summed E-state index contributed by atoms with van der Waals surface area (Å²) >= 11 is 0. The van der Waals surface area contributed by atoms with Crippen molar-refractivity contribution in [2.75, 3.05) is 33.9 Å². The number of ether oxygens (including phenoxy) is 3. The van der Waals surface area contributed by atoms with Crippen LogP contribution in [0.1, 0.15) is 63.1 Å². The molecule has 0 bridgehead atoms. The van der Waals surface area contributed by atoms with Gasteiger partial charge in [-0.3, -0.25) is 24.2 Å². The number of rotatable bonds is 8. The molecule has 0 radical (unpaired) electrons. The Labute approximate surface area is 246 Å². The number of esters is 1. The third kappa shape index (κ3) is 4.94. The second kappa shape index (κ2) is 11.6. The first kappa shape index (κ1) is 28.0. The lowest BCUT2D eigenvalue weighted by atomic mass is 9.68. The Morgan fingerprint density at radius 2 is 1.48 bits per heavy atom. The van der Waals surface area contributed by atoms with E-state index in [1.54, 1.807) is 38.5 Å². The standard InChI is InChI=1S/C34H36N2O6/c1-40-29-20-25-14-17-35(18-19-36-31(37)26-10-6-7-11-27(26)32(36)38)34(28(25)21-30(29)41-2)15-12-24(13-16-34)33(39)42-22-23-8-4-3-5-9-23/h3-11,20-21,24H,12-19,22H2,1-2H3/t24-,34+. The molecule has 218 valence electrons. The summed E-state index contributed by atoms with van der Waals surface area (Å²) in [4.78, 5) is 43.0. The Bertz CT molecular complexity index is 1460. The summed E-state index contributed by atoms with van der Waals surface area (Å²) in [7, 11) is 3.28. The number of nitrogens with zero attached hydrogens (tertiary/aromatic N) is 2. The fraction of sp³-hybridized carbons (Fsp3) is 0.382. The number of imide groups is 1. The van der Waals surface area contributed by atoms with Gasteiger partial charge in [0.2, 0.25) is 0 Å². The average Bonchev–Trinajstić information content (AvgIpc) is 3.28. The topological polar surface area (TPSA) is 85.4 Å². The molecule has 2 heterocycles. The van der Waals surface area contributed by atoms with Crippen LogP contribution in [0.3, 0.4) is 0 Å². The maximum Gasteiger partial charge on any atom is 0.309 e. The minimum absolute atomic E-state index is 0.158. The molecule has 3 aromatic carbocycles. The van der Waals surface area contributed by atoms with Crippen molar-refractivity contribution >= 4 is 17.8 Å². The number of hydrogen-bond donors (Lipinski definition) is 0. The SMILES string of the molecule is COc1cc2c(cc1OC)[C@]1(CC[C@H](C(=O)OCc3ccccc3)CC1)N(CCN1C(=O)c3ccccc3C1=O)CC2. The Hall–Kier alpha value is -4.17. The Morgan fingerprint density at radius 1 is 0.857 bits per heavy atom. The molecular formula is C34H36N2O6.